The minimum Gasteiger partial charge on any atom is -0.472 e. The Morgan fingerprint density at radius 3 is 2.20 bits per heavy atom. The van der Waals surface area contributed by atoms with Gasteiger partial charge in [-0.3, -0.25) is 4.79 Å². The highest BCUT2D eigenvalue weighted by molar-refractivity contribution is 5.81. The van der Waals surface area contributed by atoms with Crippen LogP contribution in [-0.2, 0) is 38.0 Å². The predicted octanol–water partition coefficient (Wildman–Crippen LogP) is 1.63. The summed E-state index contributed by atoms with van der Waals surface area (Å²) >= 11 is 0. The molecule has 14 heteroatoms. The summed E-state index contributed by atoms with van der Waals surface area (Å²) in [5.74, 6) is -2.70. The second kappa shape index (κ2) is 14.4. The molecule has 288 valence electrons. The van der Waals surface area contributed by atoms with E-state index in [1.54, 1.807) is 27.7 Å². The van der Waals surface area contributed by atoms with Crippen molar-refractivity contribution in [3.05, 3.63) is 0 Å². The third kappa shape index (κ3) is 7.23. The summed E-state index contributed by atoms with van der Waals surface area (Å²) < 4.78 is 43.7. The summed E-state index contributed by atoms with van der Waals surface area (Å²) in [7, 11) is 5.29. The number of methoxy groups -OCH3 is 1. The molecular weight excluding hydrogens is 652 g/mol. The number of likely N-dealkylation sites (N-methyl/N-ethyl adjacent to an activating group) is 1. The molecule has 0 aromatic heterocycles. The number of rotatable bonds is 6. The highest BCUT2D eigenvalue weighted by Crippen LogP contribution is 2.53. The second-order valence-electron chi connectivity index (χ2n) is 16.6. The van der Waals surface area contributed by atoms with Gasteiger partial charge in [0.25, 0.3) is 0 Å². The molecular formula is C36H62N2O12. The Kier molecular flexibility index (Phi) is 11.5. The molecule has 4 N–H and O–H groups in total. The van der Waals surface area contributed by atoms with Crippen molar-refractivity contribution < 1.29 is 58.4 Å². The number of ether oxygens (including phenoxy) is 7. The van der Waals surface area contributed by atoms with Gasteiger partial charge in [0.05, 0.1) is 47.6 Å². The van der Waals surface area contributed by atoms with Gasteiger partial charge in [-0.25, -0.2) is 4.99 Å². The van der Waals surface area contributed by atoms with Gasteiger partial charge in [0, 0.05) is 37.3 Å². The van der Waals surface area contributed by atoms with Crippen LogP contribution in [0.5, 0.6) is 0 Å². The molecule has 5 aliphatic rings. The number of hydrogen-bond acceptors (Lipinski definition) is 14. The number of carbonyl (C=O) groups excluding carboxylic acids is 1. The first-order chi connectivity index (χ1) is 23.2. The van der Waals surface area contributed by atoms with Crippen molar-refractivity contribution in [3.63, 3.8) is 0 Å². The van der Waals surface area contributed by atoms with Crippen LogP contribution in [0.2, 0.25) is 0 Å². The fourth-order valence-electron chi connectivity index (χ4n) is 8.86. The summed E-state index contributed by atoms with van der Waals surface area (Å²) in [5.41, 5.74) is -4.04. The van der Waals surface area contributed by atoms with Gasteiger partial charge in [0.1, 0.15) is 23.9 Å². The number of hydrogen-bond donors (Lipinski definition) is 4. The molecule has 5 rings (SSSR count). The Labute approximate surface area is 296 Å². The van der Waals surface area contributed by atoms with E-state index >= 15 is 0 Å². The molecule has 0 amide bonds. The lowest BCUT2D eigenvalue weighted by Crippen LogP contribution is -2.60. The molecule has 4 fully saturated rings. The van der Waals surface area contributed by atoms with E-state index in [2.05, 4.69) is 0 Å². The first kappa shape index (κ1) is 39.7. The van der Waals surface area contributed by atoms with Gasteiger partial charge in [-0.2, -0.15) is 0 Å². The van der Waals surface area contributed by atoms with Crippen molar-refractivity contribution >= 4 is 11.9 Å². The van der Waals surface area contributed by atoms with Crippen LogP contribution in [0.25, 0.3) is 0 Å². The number of aliphatic imine (C=N–C) groups is 1. The zero-order valence-corrected chi connectivity index (χ0v) is 31.8. The molecule has 1 saturated carbocycles. The van der Waals surface area contributed by atoms with Crippen LogP contribution in [0.4, 0.5) is 0 Å². The van der Waals surface area contributed by atoms with E-state index in [1.165, 1.54) is 7.11 Å². The van der Waals surface area contributed by atoms with E-state index in [0.29, 0.717) is 12.3 Å². The van der Waals surface area contributed by atoms with Crippen molar-refractivity contribution in [3.8, 4) is 0 Å². The maximum atomic E-state index is 14.1. The summed E-state index contributed by atoms with van der Waals surface area (Å²) in [4.78, 5) is 20.7. The van der Waals surface area contributed by atoms with Gasteiger partial charge in [-0.05, 0) is 68.5 Å². The Morgan fingerprint density at radius 2 is 1.58 bits per heavy atom. The third-order valence-electron chi connectivity index (χ3n) is 12.2. The molecule has 50 heavy (non-hydrogen) atoms. The fourth-order valence-corrected chi connectivity index (χ4v) is 8.86. The average Bonchev–Trinajstić information content (AvgIpc) is 3.33. The molecule has 0 spiro atoms. The van der Waals surface area contributed by atoms with E-state index in [4.69, 9.17) is 38.2 Å². The molecule has 1 aliphatic carbocycles. The number of aliphatic hydroxyl groups is 4. The molecule has 0 aromatic rings. The average molecular weight is 715 g/mol. The highest BCUT2D eigenvalue weighted by Gasteiger charge is 2.72. The van der Waals surface area contributed by atoms with Crippen LogP contribution in [0, 0.1) is 23.7 Å². The van der Waals surface area contributed by atoms with Gasteiger partial charge in [0.2, 0.25) is 0 Å². The lowest BCUT2D eigenvalue weighted by molar-refractivity contribution is -0.317. The Bertz CT molecular complexity index is 1250. The zero-order valence-electron chi connectivity index (χ0n) is 31.8. The van der Waals surface area contributed by atoms with E-state index in [0.717, 1.165) is 0 Å². The summed E-state index contributed by atoms with van der Waals surface area (Å²) in [6, 6.07) is -0.680. The number of aliphatic hydroxyl groups excluding tert-OH is 2. The van der Waals surface area contributed by atoms with Crippen molar-refractivity contribution in [1.29, 1.82) is 0 Å². The number of fused-ring (bicyclic) bond motifs is 4. The summed E-state index contributed by atoms with van der Waals surface area (Å²) in [6.45, 7) is 16.1. The monoisotopic (exact) mass is 714 g/mol. The van der Waals surface area contributed by atoms with Gasteiger partial charge in [-0.15, -0.1) is 0 Å². The summed E-state index contributed by atoms with van der Waals surface area (Å²) in [5, 5.41) is 46.6. The first-order valence-corrected chi connectivity index (χ1v) is 18.2. The Morgan fingerprint density at radius 1 is 0.920 bits per heavy atom. The predicted molar refractivity (Wildman–Crippen MR) is 181 cm³/mol. The number of nitrogens with zero attached hydrogens (tertiary/aromatic N) is 2. The van der Waals surface area contributed by atoms with Crippen molar-refractivity contribution in [2.45, 2.75) is 172 Å². The molecule has 4 heterocycles. The van der Waals surface area contributed by atoms with Crippen molar-refractivity contribution in [2.24, 2.45) is 28.7 Å². The molecule has 0 radical (unpaired) electrons. The van der Waals surface area contributed by atoms with Gasteiger partial charge in [-0.1, -0.05) is 20.8 Å². The Balaban J connectivity index is 1.55. The van der Waals surface area contributed by atoms with Gasteiger partial charge in [0.15, 0.2) is 24.6 Å². The SMILES string of the molecule is CO[C@]1(C)C[C@H](O[C@H]2[C@H](C)[C@@H](O[C@@H]3O[C@H](C)C[C@H](N(C)C)[C@H]3O)C(C)(O)C[C@H](C)C3=N[C@H](C)[C@@H](O3)[C@@]3(O)C(C)[C@H]3OC(=O)[C@@H]2C)O[C@@H](C)[C@@H]1O. The largest absolute Gasteiger partial charge is 0.472 e. The van der Waals surface area contributed by atoms with Crippen LogP contribution in [-0.4, -0.2) is 149 Å². The number of carbonyl (C=O) groups is 1. The maximum absolute atomic E-state index is 14.1. The third-order valence-corrected chi connectivity index (χ3v) is 12.2. The van der Waals surface area contributed by atoms with Gasteiger partial charge < -0.3 is 58.5 Å². The normalized spacial score (nSPS) is 53.1. The molecule has 0 aromatic carbocycles. The zero-order chi connectivity index (χ0) is 37.2. The van der Waals surface area contributed by atoms with Crippen LogP contribution < -0.4 is 0 Å². The van der Waals surface area contributed by atoms with E-state index in [9.17, 15) is 25.2 Å². The Hall–Kier alpha value is -1.46. The first-order valence-electron chi connectivity index (χ1n) is 18.2. The molecule has 19 atom stereocenters. The summed E-state index contributed by atoms with van der Waals surface area (Å²) in [6.07, 6.45) is -7.60. The van der Waals surface area contributed by atoms with Crippen LogP contribution >= 0.6 is 0 Å². The standard InChI is InChI=1S/C36H62N2O12/c1-16-14-34(8,42)28(50-33-25(39)23(38(10)11)13-17(2)45-33)18(3)26(47-24-15-35(9,44-12)27(40)22(7)46-24)19(4)32(41)49-29-20(5)36(29,43)30-21(6)37-31(16)48-30/h16-30,33,39-40,42-43H,13-15H2,1-12H3/t16-,17+,18-,19+,20?,21+,22-,23-,24-,25+,26-,27-,28+,29+,30+,33-,34?,35+,36+/m0/s1. The molecule has 2 unspecified atom stereocenters. The topological polar surface area (TPSA) is 178 Å². The fraction of sp³-hybridized carbons (Fsp3) is 0.944. The molecule has 4 aliphatic heterocycles. The van der Waals surface area contributed by atoms with Crippen molar-refractivity contribution in [1.82, 2.24) is 4.90 Å². The lowest BCUT2D eigenvalue weighted by Gasteiger charge is -2.48. The van der Waals surface area contributed by atoms with E-state index in [-0.39, 0.29) is 25.0 Å². The van der Waals surface area contributed by atoms with E-state index in [1.807, 2.05) is 53.6 Å². The smallest absolute Gasteiger partial charge is 0.311 e. The molecule has 2 bridgehead atoms. The molecule has 3 saturated heterocycles. The second-order valence-corrected chi connectivity index (χ2v) is 16.6. The highest BCUT2D eigenvalue weighted by atomic mass is 16.7. The van der Waals surface area contributed by atoms with E-state index < -0.39 is 108 Å². The molecule has 14 nitrogen and oxygen atoms in total. The number of esters is 1. The lowest BCUT2D eigenvalue weighted by atomic mass is 9.77. The van der Waals surface area contributed by atoms with Crippen molar-refractivity contribution in [2.75, 3.05) is 21.2 Å². The van der Waals surface area contributed by atoms with Crippen LogP contribution in [0.15, 0.2) is 4.99 Å². The minimum atomic E-state index is -1.61. The van der Waals surface area contributed by atoms with Crippen LogP contribution in [0.3, 0.4) is 0 Å². The minimum absolute atomic E-state index is 0.129. The van der Waals surface area contributed by atoms with Crippen LogP contribution in [0.1, 0.15) is 81.6 Å². The van der Waals surface area contributed by atoms with Gasteiger partial charge >= 0.3 is 5.97 Å². The quantitative estimate of drug-likeness (QED) is 0.292. The maximum Gasteiger partial charge on any atom is 0.311 e.